The van der Waals surface area contributed by atoms with Crippen molar-refractivity contribution < 1.29 is 0 Å². The van der Waals surface area contributed by atoms with Crippen LogP contribution in [0.4, 0.5) is 0 Å². The van der Waals surface area contributed by atoms with E-state index in [9.17, 15) is 0 Å². The molecule has 1 unspecified atom stereocenters. The zero-order chi connectivity index (χ0) is 14.8. The predicted octanol–water partition coefficient (Wildman–Crippen LogP) is 5.79. The Hall–Kier alpha value is -0.640. The lowest BCUT2D eigenvalue weighted by atomic mass is 9.79. The van der Waals surface area contributed by atoms with Crippen molar-refractivity contribution in [3.8, 4) is 0 Å². The van der Waals surface area contributed by atoms with Gasteiger partial charge in [0.05, 0.1) is 6.04 Å². The summed E-state index contributed by atoms with van der Waals surface area (Å²) in [6, 6.07) is 15.7. The van der Waals surface area contributed by atoms with Crippen LogP contribution in [0.25, 0.3) is 0 Å². The molecule has 0 heterocycles. The van der Waals surface area contributed by atoms with Gasteiger partial charge in [-0.2, -0.15) is 0 Å². The van der Waals surface area contributed by atoms with E-state index in [2.05, 4.69) is 79.6 Å². The van der Waals surface area contributed by atoms with Gasteiger partial charge in [0, 0.05) is 8.95 Å². The number of hydrogen-bond acceptors (Lipinski definition) is 1. The van der Waals surface area contributed by atoms with Crippen molar-refractivity contribution in [2.24, 2.45) is 0 Å². The molecule has 0 bridgehead atoms. The summed E-state index contributed by atoms with van der Waals surface area (Å²) in [5.74, 6) is 0.775. The van der Waals surface area contributed by atoms with Gasteiger partial charge in [-0.1, -0.05) is 62.5 Å². The van der Waals surface area contributed by atoms with Gasteiger partial charge in [-0.25, -0.2) is 0 Å². The van der Waals surface area contributed by atoms with E-state index in [1.54, 1.807) is 0 Å². The normalized spacial score (nSPS) is 16.5. The lowest BCUT2D eigenvalue weighted by Gasteiger charge is -2.27. The van der Waals surface area contributed by atoms with E-state index < -0.39 is 0 Å². The van der Waals surface area contributed by atoms with E-state index in [-0.39, 0.29) is 6.04 Å². The second kappa shape index (κ2) is 6.64. The molecule has 1 atom stereocenters. The maximum Gasteiger partial charge on any atom is 0.0575 e. The second-order valence-electron chi connectivity index (χ2n) is 5.72. The van der Waals surface area contributed by atoms with Crippen molar-refractivity contribution >= 4 is 31.9 Å². The van der Waals surface area contributed by atoms with Crippen LogP contribution in [0, 0.1) is 0 Å². The zero-order valence-corrected chi connectivity index (χ0v) is 15.2. The average Bonchev–Trinajstić information content (AvgIpc) is 2.37. The smallest absolute Gasteiger partial charge is 0.0575 e. The Balaban J connectivity index is 1.95. The molecular weight excluding hydrogens is 390 g/mol. The number of halogens is 2. The Morgan fingerprint density at radius 2 is 1.71 bits per heavy atom. The number of hydrogen-bond donors (Lipinski definition) is 1. The number of rotatable bonds is 4. The molecule has 3 heteroatoms. The van der Waals surface area contributed by atoms with Crippen molar-refractivity contribution in [3.63, 3.8) is 0 Å². The second-order valence-corrected chi connectivity index (χ2v) is 7.55. The van der Waals surface area contributed by atoms with Crippen LogP contribution in [-0.2, 0) is 0 Å². The van der Waals surface area contributed by atoms with Gasteiger partial charge in [0.25, 0.3) is 0 Å². The molecule has 2 aromatic rings. The van der Waals surface area contributed by atoms with Crippen molar-refractivity contribution in [2.75, 3.05) is 7.05 Å². The van der Waals surface area contributed by atoms with Crippen LogP contribution >= 0.6 is 31.9 Å². The van der Waals surface area contributed by atoms with Crippen molar-refractivity contribution in [2.45, 2.75) is 31.2 Å². The third-order valence-corrected chi connectivity index (χ3v) is 5.24. The van der Waals surface area contributed by atoms with Crippen LogP contribution in [-0.4, -0.2) is 7.05 Å². The lowest BCUT2D eigenvalue weighted by molar-refractivity contribution is 0.419. The molecule has 3 rings (SSSR count). The summed E-state index contributed by atoms with van der Waals surface area (Å²) in [6.45, 7) is 0. The predicted molar refractivity (Wildman–Crippen MR) is 95.8 cm³/mol. The van der Waals surface area contributed by atoms with E-state index in [4.69, 9.17) is 0 Å². The fourth-order valence-electron chi connectivity index (χ4n) is 3.00. The first-order chi connectivity index (χ1) is 10.2. The van der Waals surface area contributed by atoms with Gasteiger partial charge in [0.1, 0.15) is 0 Å². The monoisotopic (exact) mass is 407 g/mol. The summed E-state index contributed by atoms with van der Waals surface area (Å²) in [4.78, 5) is 0. The summed E-state index contributed by atoms with van der Waals surface area (Å²) < 4.78 is 2.20. The summed E-state index contributed by atoms with van der Waals surface area (Å²) in [6.07, 6.45) is 4.06. The van der Waals surface area contributed by atoms with Crippen LogP contribution in [0.1, 0.15) is 47.9 Å². The maximum absolute atomic E-state index is 3.58. The zero-order valence-electron chi connectivity index (χ0n) is 12.1. The Bertz CT molecular complexity index is 615. The lowest BCUT2D eigenvalue weighted by Crippen LogP contribution is -2.18. The van der Waals surface area contributed by atoms with Gasteiger partial charge in [0.2, 0.25) is 0 Å². The topological polar surface area (TPSA) is 12.0 Å². The fourth-order valence-corrected chi connectivity index (χ4v) is 4.33. The molecule has 0 aromatic heterocycles. The van der Waals surface area contributed by atoms with E-state index in [1.165, 1.54) is 36.0 Å². The van der Waals surface area contributed by atoms with Gasteiger partial charge < -0.3 is 5.32 Å². The van der Waals surface area contributed by atoms with E-state index >= 15 is 0 Å². The molecule has 1 nitrogen and oxygen atoms in total. The highest BCUT2D eigenvalue weighted by Crippen LogP contribution is 2.37. The Morgan fingerprint density at radius 3 is 2.29 bits per heavy atom. The van der Waals surface area contributed by atoms with Crippen molar-refractivity contribution in [1.29, 1.82) is 0 Å². The molecule has 0 spiro atoms. The summed E-state index contributed by atoms with van der Waals surface area (Å²) in [5, 5.41) is 3.45. The molecule has 2 aromatic carbocycles. The molecule has 21 heavy (non-hydrogen) atoms. The van der Waals surface area contributed by atoms with Gasteiger partial charge in [-0.05, 0) is 60.7 Å². The van der Waals surface area contributed by atoms with E-state index in [0.29, 0.717) is 0 Å². The van der Waals surface area contributed by atoms with Crippen LogP contribution in [0.2, 0.25) is 0 Å². The molecule has 1 aliphatic rings. The maximum atomic E-state index is 3.58. The summed E-state index contributed by atoms with van der Waals surface area (Å²) in [5.41, 5.74) is 4.10. The van der Waals surface area contributed by atoms with E-state index in [0.717, 1.165) is 14.9 Å². The molecule has 0 aliphatic heterocycles. The minimum Gasteiger partial charge on any atom is -0.309 e. The van der Waals surface area contributed by atoms with Crippen molar-refractivity contribution in [3.05, 3.63) is 68.1 Å². The standard InChI is InChI=1S/C18H19Br2N/c1-21-18(15-9-16(19)11-17(20)10-15)14-7-3-6-13(8-14)12-4-2-5-12/h3,6-12,18,21H,2,4-5H2,1H3. The molecular formula is C18H19Br2N. The minimum atomic E-state index is 0.221. The van der Waals surface area contributed by atoms with Crippen LogP contribution in [0.3, 0.4) is 0 Å². The molecule has 0 saturated heterocycles. The van der Waals surface area contributed by atoms with Crippen molar-refractivity contribution in [1.82, 2.24) is 5.32 Å². The Morgan fingerprint density at radius 1 is 1.00 bits per heavy atom. The molecule has 110 valence electrons. The Labute approximate surface area is 143 Å². The summed E-state index contributed by atoms with van der Waals surface area (Å²) in [7, 11) is 2.02. The molecule has 1 aliphatic carbocycles. The van der Waals surface area contributed by atoms with Gasteiger partial charge >= 0.3 is 0 Å². The third-order valence-electron chi connectivity index (χ3n) is 4.33. The van der Waals surface area contributed by atoms with Gasteiger partial charge in [0.15, 0.2) is 0 Å². The quantitative estimate of drug-likeness (QED) is 0.675. The SMILES string of the molecule is CNC(c1cc(Br)cc(Br)c1)c1cccc(C2CCC2)c1. The highest BCUT2D eigenvalue weighted by Gasteiger charge is 2.21. The summed E-state index contributed by atoms with van der Waals surface area (Å²) >= 11 is 7.17. The Kier molecular flexibility index (Phi) is 4.82. The average molecular weight is 409 g/mol. The molecule has 0 amide bonds. The van der Waals surface area contributed by atoms with Crippen LogP contribution in [0.5, 0.6) is 0 Å². The molecule has 0 radical (unpaired) electrons. The largest absolute Gasteiger partial charge is 0.309 e. The number of nitrogens with one attached hydrogen (secondary N) is 1. The third kappa shape index (κ3) is 3.41. The van der Waals surface area contributed by atoms with Gasteiger partial charge in [-0.3, -0.25) is 0 Å². The highest BCUT2D eigenvalue weighted by atomic mass is 79.9. The fraction of sp³-hybridized carbons (Fsp3) is 0.333. The van der Waals surface area contributed by atoms with Crippen LogP contribution in [0.15, 0.2) is 51.4 Å². The molecule has 1 fully saturated rings. The van der Waals surface area contributed by atoms with Gasteiger partial charge in [-0.15, -0.1) is 0 Å². The van der Waals surface area contributed by atoms with Crippen LogP contribution < -0.4 is 5.32 Å². The first-order valence-corrected chi connectivity index (χ1v) is 8.99. The first kappa shape index (κ1) is 15.3. The molecule has 1 saturated carbocycles. The van der Waals surface area contributed by atoms with E-state index in [1.807, 2.05) is 7.05 Å². The minimum absolute atomic E-state index is 0.221. The number of benzene rings is 2. The molecule has 1 N–H and O–H groups in total. The first-order valence-electron chi connectivity index (χ1n) is 7.40. The highest BCUT2D eigenvalue weighted by molar-refractivity contribution is 9.11.